The predicted octanol–water partition coefficient (Wildman–Crippen LogP) is 0.481. The van der Waals surface area contributed by atoms with Crippen LogP contribution in [0.1, 0.15) is 19.8 Å². The van der Waals surface area contributed by atoms with Crippen LogP contribution in [0.2, 0.25) is 0 Å². The van der Waals surface area contributed by atoms with Crippen molar-refractivity contribution in [2.45, 2.75) is 19.8 Å². The molecular weight excluding hydrogens is 180 g/mol. The van der Waals surface area contributed by atoms with Gasteiger partial charge in [0.25, 0.3) is 0 Å². The van der Waals surface area contributed by atoms with Gasteiger partial charge in [-0.05, 0) is 20.0 Å². The van der Waals surface area contributed by atoms with Crippen molar-refractivity contribution >= 4 is 5.91 Å². The Morgan fingerprint density at radius 3 is 2.71 bits per heavy atom. The maximum atomic E-state index is 10.9. The highest BCUT2D eigenvalue weighted by molar-refractivity contribution is 5.75. The van der Waals surface area contributed by atoms with Crippen LogP contribution in [0.25, 0.3) is 0 Å². The summed E-state index contributed by atoms with van der Waals surface area (Å²) >= 11 is 0. The smallest absolute Gasteiger partial charge is 0.219 e. The second kappa shape index (κ2) is 8.97. The maximum absolute atomic E-state index is 10.9. The van der Waals surface area contributed by atoms with Crippen LogP contribution in [-0.2, 0) is 9.53 Å². The van der Waals surface area contributed by atoms with Crippen molar-refractivity contribution in [1.82, 2.24) is 10.2 Å². The molecule has 4 nitrogen and oxygen atoms in total. The van der Waals surface area contributed by atoms with Gasteiger partial charge in [-0.15, -0.1) is 0 Å². The lowest BCUT2D eigenvalue weighted by molar-refractivity contribution is -0.120. The van der Waals surface area contributed by atoms with Crippen molar-refractivity contribution in [2.75, 3.05) is 40.4 Å². The third-order valence-corrected chi connectivity index (χ3v) is 2.04. The number of carbonyl (C=O) groups is 1. The fraction of sp³-hybridized carbons (Fsp3) is 0.900. The third kappa shape index (κ3) is 8.01. The molecule has 1 amide bonds. The van der Waals surface area contributed by atoms with E-state index in [1.54, 1.807) is 7.11 Å². The largest absolute Gasteiger partial charge is 0.383 e. The number of rotatable bonds is 8. The zero-order valence-electron chi connectivity index (χ0n) is 9.51. The van der Waals surface area contributed by atoms with E-state index in [9.17, 15) is 4.79 Å². The Bertz CT molecular complexity index is 151. The van der Waals surface area contributed by atoms with Crippen LogP contribution in [0.4, 0.5) is 0 Å². The molecule has 0 heterocycles. The molecule has 84 valence electrons. The molecule has 0 aliphatic carbocycles. The lowest BCUT2D eigenvalue weighted by Gasteiger charge is -2.15. The van der Waals surface area contributed by atoms with Gasteiger partial charge in [0.1, 0.15) is 0 Å². The first-order valence-electron chi connectivity index (χ1n) is 5.14. The summed E-state index contributed by atoms with van der Waals surface area (Å²) in [5, 5.41) is 2.85. The van der Waals surface area contributed by atoms with Gasteiger partial charge in [0.05, 0.1) is 6.61 Å². The summed E-state index contributed by atoms with van der Waals surface area (Å²) in [6.07, 6.45) is 1.56. The Hall–Kier alpha value is -0.610. The Balaban J connectivity index is 3.22. The van der Waals surface area contributed by atoms with Gasteiger partial charge < -0.3 is 15.0 Å². The molecule has 0 aromatic rings. The van der Waals surface area contributed by atoms with Crippen molar-refractivity contribution in [1.29, 1.82) is 0 Å². The first kappa shape index (κ1) is 13.4. The van der Waals surface area contributed by atoms with E-state index < -0.39 is 0 Å². The van der Waals surface area contributed by atoms with Crippen molar-refractivity contribution in [3.05, 3.63) is 0 Å². The molecule has 0 rings (SSSR count). The number of nitrogens with zero attached hydrogens (tertiary/aromatic N) is 1. The molecule has 0 bridgehead atoms. The van der Waals surface area contributed by atoms with Crippen LogP contribution in [-0.4, -0.2) is 51.2 Å². The van der Waals surface area contributed by atoms with E-state index in [1.165, 1.54) is 0 Å². The number of methoxy groups -OCH3 is 1. The van der Waals surface area contributed by atoms with Crippen molar-refractivity contribution in [3.8, 4) is 0 Å². The first-order chi connectivity index (χ1) is 6.70. The summed E-state index contributed by atoms with van der Waals surface area (Å²) in [6, 6.07) is 0. The number of carbonyl (C=O) groups excluding carboxylic acids is 1. The molecule has 0 fully saturated rings. The van der Waals surface area contributed by atoms with E-state index in [4.69, 9.17) is 4.74 Å². The van der Waals surface area contributed by atoms with Gasteiger partial charge in [-0.3, -0.25) is 4.79 Å². The average molecular weight is 202 g/mol. The van der Waals surface area contributed by atoms with Gasteiger partial charge in [-0.1, -0.05) is 6.92 Å². The fourth-order valence-corrected chi connectivity index (χ4v) is 1.06. The molecular formula is C10H22N2O2. The fourth-order valence-electron chi connectivity index (χ4n) is 1.06. The highest BCUT2D eigenvalue weighted by Crippen LogP contribution is 1.86. The van der Waals surface area contributed by atoms with E-state index in [-0.39, 0.29) is 5.91 Å². The predicted molar refractivity (Wildman–Crippen MR) is 57.3 cm³/mol. The topological polar surface area (TPSA) is 41.6 Å². The van der Waals surface area contributed by atoms with Crippen molar-refractivity contribution < 1.29 is 9.53 Å². The summed E-state index contributed by atoms with van der Waals surface area (Å²) in [4.78, 5) is 13.1. The molecule has 0 aliphatic rings. The van der Waals surface area contributed by atoms with Crippen LogP contribution < -0.4 is 5.32 Å². The minimum atomic E-state index is 0.129. The molecule has 0 aromatic heterocycles. The summed E-state index contributed by atoms with van der Waals surface area (Å²) in [7, 11) is 3.76. The Morgan fingerprint density at radius 1 is 1.43 bits per heavy atom. The molecule has 0 aromatic carbocycles. The molecule has 0 aliphatic heterocycles. The summed E-state index contributed by atoms with van der Waals surface area (Å²) < 4.78 is 4.96. The van der Waals surface area contributed by atoms with Crippen LogP contribution in [0.15, 0.2) is 0 Å². The van der Waals surface area contributed by atoms with Crippen LogP contribution in [0.3, 0.4) is 0 Å². The number of nitrogens with one attached hydrogen (secondary N) is 1. The van der Waals surface area contributed by atoms with Gasteiger partial charge >= 0.3 is 0 Å². The molecule has 0 radical (unpaired) electrons. The molecule has 0 saturated carbocycles. The molecule has 4 heteroatoms. The van der Waals surface area contributed by atoms with Gasteiger partial charge in [0.15, 0.2) is 0 Å². The SMILES string of the molecule is CCC(=O)NCCCN(C)CCOC. The number of hydrogen-bond acceptors (Lipinski definition) is 3. The summed E-state index contributed by atoms with van der Waals surface area (Å²) in [5.41, 5.74) is 0. The second-order valence-corrected chi connectivity index (χ2v) is 3.35. The standard InChI is InChI=1S/C10H22N2O2/c1-4-10(13)11-6-5-7-12(2)8-9-14-3/h4-9H2,1-3H3,(H,11,13). The van der Waals surface area contributed by atoms with Gasteiger partial charge in [0, 0.05) is 26.6 Å². The monoisotopic (exact) mass is 202 g/mol. The highest BCUT2D eigenvalue weighted by atomic mass is 16.5. The molecule has 0 unspecified atom stereocenters. The van der Waals surface area contributed by atoms with Crippen molar-refractivity contribution in [3.63, 3.8) is 0 Å². The van der Waals surface area contributed by atoms with Gasteiger partial charge in [0.2, 0.25) is 5.91 Å². The number of hydrogen-bond donors (Lipinski definition) is 1. The molecule has 14 heavy (non-hydrogen) atoms. The number of amides is 1. The normalized spacial score (nSPS) is 10.6. The third-order valence-electron chi connectivity index (χ3n) is 2.04. The average Bonchev–Trinajstić information content (AvgIpc) is 2.21. The summed E-state index contributed by atoms with van der Waals surface area (Å²) in [6.45, 7) is 5.33. The summed E-state index contributed by atoms with van der Waals surface area (Å²) in [5.74, 6) is 0.129. The van der Waals surface area contributed by atoms with E-state index >= 15 is 0 Å². The minimum absolute atomic E-state index is 0.129. The quantitative estimate of drug-likeness (QED) is 0.582. The van der Waals surface area contributed by atoms with E-state index in [0.717, 1.165) is 32.7 Å². The van der Waals surface area contributed by atoms with Crippen LogP contribution in [0, 0.1) is 0 Å². The van der Waals surface area contributed by atoms with Gasteiger partial charge in [-0.2, -0.15) is 0 Å². The maximum Gasteiger partial charge on any atom is 0.219 e. The van der Waals surface area contributed by atoms with E-state index in [0.29, 0.717) is 6.42 Å². The molecule has 1 N–H and O–H groups in total. The molecule has 0 spiro atoms. The second-order valence-electron chi connectivity index (χ2n) is 3.35. The first-order valence-corrected chi connectivity index (χ1v) is 5.14. The van der Waals surface area contributed by atoms with Crippen LogP contribution >= 0.6 is 0 Å². The molecule has 0 atom stereocenters. The lowest BCUT2D eigenvalue weighted by Crippen LogP contribution is -2.29. The Labute approximate surface area is 86.6 Å². The van der Waals surface area contributed by atoms with Crippen LogP contribution in [0.5, 0.6) is 0 Å². The molecule has 0 saturated heterocycles. The van der Waals surface area contributed by atoms with Gasteiger partial charge in [-0.25, -0.2) is 0 Å². The Kier molecular flexibility index (Phi) is 8.57. The highest BCUT2D eigenvalue weighted by Gasteiger charge is 1.98. The van der Waals surface area contributed by atoms with E-state index in [2.05, 4.69) is 17.3 Å². The zero-order chi connectivity index (χ0) is 10.8. The van der Waals surface area contributed by atoms with E-state index in [1.807, 2.05) is 6.92 Å². The minimum Gasteiger partial charge on any atom is -0.383 e. The zero-order valence-corrected chi connectivity index (χ0v) is 9.51. The van der Waals surface area contributed by atoms with Crippen molar-refractivity contribution in [2.24, 2.45) is 0 Å². The number of likely N-dealkylation sites (N-methyl/N-ethyl adjacent to an activating group) is 1. The number of ether oxygens (including phenoxy) is 1. The Morgan fingerprint density at radius 2 is 2.14 bits per heavy atom. The lowest BCUT2D eigenvalue weighted by atomic mass is 10.3.